The number of aromatic nitrogens is 5. The van der Waals surface area contributed by atoms with Gasteiger partial charge in [0.15, 0.2) is 11.6 Å². The summed E-state index contributed by atoms with van der Waals surface area (Å²) in [6.45, 7) is 3.18. The minimum Gasteiger partial charge on any atom is -0.493 e. The van der Waals surface area contributed by atoms with Crippen LogP contribution in [0.1, 0.15) is 17.7 Å². The molecule has 27 heavy (non-hydrogen) atoms. The quantitative estimate of drug-likeness (QED) is 0.744. The molecule has 1 fully saturated rings. The van der Waals surface area contributed by atoms with Crippen molar-refractivity contribution in [2.45, 2.75) is 19.4 Å². The molecule has 0 amide bonds. The van der Waals surface area contributed by atoms with E-state index < -0.39 is 0 Å². The van der Waals surface area contributed by atoms with Crippen LogP contribution in [0.4, 0.5) is 5.82 Å². The molecule has 3 aromatic rings. The van der Waals surface area contributed by atoms with Crippen LogP contribution in [0.2, 0.25) is 0 Å². The lowest BCUT2D eigenvalue weighted by Gasteiger charge is -2.18. The maximum atomic E-state index is 9.97. The molecule has 9 nitrogen and oxygen atoms in total. The molecule has 0 aromatic carbocycles. The van der Waals surface area contributed by atoms with Crippen LogP contribution in [0.3, 0.4) is 0 Å². The van der Waals surface area contributed by atoms with Gasteiger partial charge in [-0.3, -0.25) is 4.98 Å². The number of nitriles is 1. The SMILES string of the molecule is Cc1cc(O)n(-c2cc(N3CC[C@H](Oc4cnccc4C#N)C3)ncn2)n1. The number of anilines is 1. The van der Waals surface area contributed by atoms with Crippen molar-refractivity contribution in [2.24, 2.45) is 0 Å². The van der Waals surface area contributed by atoms with Gasteiger partial charge >= 0.3 is 0 Å². The lowest BCUT2D eigenvalue weighted by Crippen LogP contribution is -2.25. The Morgan fingerprint density at radius 2 is 2.15 bits per heavy atom. The molecule has 9 heteroatoms. The third-order valence-corrected chi connectivity index (χ3v) is 4.34. The Kier molecular flexibility index (Phi) is 4.30. The van der Waals surface area contributed by atoms with Crippen molar-refractivity contribution in [3.05, 3.63) is 48.2 Å². The zero-order valence-electron chi connectivity index (χ0n) is 14.6. The van der Waals surface area contributed by atoms with Crippen molar-refractivity contribution in [3.63, 3.8) is 0 Å². The summed E-state index contributed by atoms with van der Waals surface area (Å²) in [6.07, 6.45) is 5.31. The number of hydrogen-bond donors (Lipinski definition) is 1. The van der Waals surface area contributed by atoms with Gasteiger partial charge in [0.1, 0.15) is 24.3 Å². The van der Waals surface area contributed by atoms with E-state index in [0.29, 0.717) is 29.4 Å². The fourth-order valence-corrected chi connectivity index (χ4v) is 3.06. The summed E-state index contributed by atoms with van der Waals surface area (Å²) >= 11 is 0. The predicted octanol–water partition coefficient (Wildman–Crippen LogP) is 1.60. The van der Waals surface area contributed by atoms with Crippen molar-refractivity contribution in [1.29, 1.82) is 5.26 Å². The van der Waals surface area contributed by atoms with Crippen LogP contribution in [0.5, 0.6) is 11.6 Å². The predicted molar refractivity (Wildman–Crippen MR) is 95.8 cm³/mol. The highest BCUT2D eigenvalue weighted by Gasteiger charge is 2.26. The summed E-state index contributed by atoms with van der Waals surface area (Å²) in [5.74, 6) is 1.74. The topological polar surface area (TPSA) is 113 Å². The number of rotatable bonds is 4. The van der Waals surface area contributed by atoms with Gasteiger partial charge in [0.25, 0.3) is 0 Å². The fraction of sp³-hybridized carbons (Fsp3) is 0.278. The van der Waals surface area contributed by atoms with E-state index in [4.69, 9.17) is 4.74 Å². The Morgan fingerprint density at radius 3 is 2.93 bits per heavy atom. The number of nitrogens with zero attached hydrogens (tertiary/aromatic N) is 7. The monoisotopic (exact) mass is 363 g/mol. The molecule has 1 atom stereocenters. The molecule has 1 aliphatic rings. The van der Waals surface area contributed by atoms with Gasteiger partial charge < -0.3 is 14.7 Å². The Labute approximate surface area is 155 Å². The van der Waals surface area contributed by atoms with Crippen molar-refractivity contribution in [3.8, 4) is 23.5 Å². The van der Waals surface area contributed by atoms with E-state index in [1.54, 1.807) is 37.5 Å². The molecule has 0 radical (unpaired) electrons. The van der Waals surface area contributed by atoms with E-state index in [1.807, 2.05) is 0 Å². The lowest BCUT2D eigenvalue weighted by molar-refractivity contribution is 0.223. The van der Waals surface area contributed by atoms with E-state index in [2.05, 4.69) is 31.0 Å². The van der Waals surface area contributed by atoms with E-state index in [-0.39, 0.29) is 12.0 Å². The third-order valence-electron chi connectivity index (χ3n) is 4.34. The molecule has 4 heterocycles. The van der Waals surface area contributed by atoms with Crippen LogP contribution < -0.4 is 9.64 Å². The Morgan fingerprint density at radius 1 is 1.30 bits per heavy atom. The first-order valence-electron chi connectivity index (χ1n) is 8.48. The Hall–Kier alpha value is -3.67. The summed E-state index contributed by atoms with van der Waals surface area (Å²) in [4.78, 5) is 14.6. The lowest BCUT2D eigenvalue weighted by atomic mass is 10.2. The second-order valence-electron chi connectivity index (χ2n) is 6.25. The highest BCUT2D eigenvalue weighted by molar-refractivity contribution is 5.46. The van der Waals surface area contributed by atoms with Crippen molar-refractivity contribution in [2.75, 3.05) is 18.0 Å². The van der Waals surface area contributed by atoms with Crippen LogP contribution in [-0.2, 0) is 0 Å². The van der Waals surface area contributed by atoms with Gasteiger partial charge in [-0.2, -0.15) is 15.0 Å². The second-order valence-corrected chi connectivity index (χ2v) is 6.25. The van der Waals surface area contributed by atoms with Crippen LogP contribution in [-0.4, -0.2) is 49.0 Å². The highest BCUT2D eigenvalue weighted by Crippen LogP contribution is 2.25. The van der Waals surface area contributed by atoms with E-state index in [9.17, 15) is 10.4 Å². The van der Waals surface area contributed by atoms with Crippen LogP contribution in [0.25, 0.3) is 5.82 Å². The molecule has 0 bridgehead atoms. The zero-order chi connectivity index (χ0) is 18.8. The molecule has 136 valence electrons. The molecular formula is C18H17N7O2. The summed E-state index contributed by atoms with van der Waals surface area (Å²) in [7, 11) is 0. The average Bonchev–Trinajstić information content (AvgIpc) is 3.28. The summed E-state index contributed by atoms with van der Waals surface area (Å²) in [5, 5.41) is 23.4. The smallest absolute Gasteiger partial charge is 0.215 e. The van der Waals surface area contributed by atoms with Gasteiger partial charge in [0, 0.05) is 31.3 Å². The molecule has 4 rings (SSSR count). The largest absolute Gasteiger partial charge is 0.493 e. The molecular weight excluding hydrogens is 346 g/mol. The van der Waals surface area contributed by atoms with Crippen LogP contribution >= 0.6 is 0 Å². The van der Waals surface area contributed by atoms with E-state index in [1.165, 1.54) is 11.0 Å². The first kappa shape index (κ1) is 16.8. The normalized spacial score (nSPS) is 16.3. The molecule has 0 saturated carbocycles. The van der Waals surface area contributed by atoms with Gasteiger partial charge in [-0.15, -0.1) is 0 Å². The molecule has 1 N–H and O–H groups in total. The zero-order valence-corrected chi connectivity index (χ0v) is 14.6. The first-order valence-corrected chi connectivity index (χ1v) is 8.48. The van der Waals surface area contributed by atoms with E-state index >= 15 is 0 Å². The minimum atomic E-state index is -0.0694. The standard InChI is InChI=1S/C18H17N7O2/c1-12-6-18(26)25(23-12)17-7-16(21-11-22-17)24-5-3-14(10-24)27-15-9-20-4-2-13(15)8-19/h2,4,6-7,9,11,14,26H,3,5,10H2,1H3/t14-/m0/s1. The number of aryl methyl sites for hydroxylation is 1. The molecule has 0 spiro atoms. The van der Waals surface area contributed by atoms with Gasteiger partial charge in [0.2, 0.25) is 5.88 Å². The minimum absolute atomic E-state index is 0.0281. The van der Waals surface area contributed by atoms with Crippen molar-refractivity contribution in [1.82, 2.24) is 24.7 Å². The molecule has 1 aliphatic heterocycles. The maximum absolute atomic E-state index is 9.97. The van der Waals surface area contributed by atoms with Crippen molar-refractivity contribution >= 4 is 5.82 Å². The summed E-state index contributed by atoms with van der Waals surface area (Å²) < 4.78 is 7.33. The number of hydrogen-bond acceptors (Lipinski definition) is 8. The number of pyridine rings is 1. The van der Waals surface area contributed by atoms with Crippen LogP contribution in [0, 0.1) is 18.3 Å². The summed E-state index contributed by atoms with van der Waals surface area (Å²) in [6, 6.07) is 7.10. The maximum Gasteiger partial charge on any atom is 0.215 e. The molecule has 1 saturated heterocycles. The van der Waals surface area contributed by atoms with Gasteiger partial charge in [-0.25, -0.2) is 9.97 Å². The number of aromatic hydroxyl groups is 1. The molecule has 0 aliphatic carbocycles. The van der Waals surface area contributed by atoms with Crippen LogP contribution in [0.15, 0.2) is 36.9 Å². The fourth-order valence-electron chi connectivity index (χ4n) is 3.06. The van der Waals surface area contributed by atoms with Crippen molar-refractivity contribution < 1.29 is 9.84 Å². The third kappa shape index (κ3) is 3.37. The average molecular weight is 363 g/mol. The molecule has 3 aromatic heterocycles. The Balaban J connectivity index is 1.50. The first-order chi connectivity index (χ1) is 13.1. The Bertz CT molecular complexity index is 1010. The molecule has 0 unspecified atom stereocenters. The van der Waals surface area contributed by atoms with Gasteiger partial charge in [0.05, 0.1) is 24.0 Å². The van der Waals surface area contributed by atoms with Gasteiger partial charge in [-0.1, -0.05) is 0 Å². The van der Waals surface area contributed by atoms with E-state index in [0.717, 1.165) is 18.8 Å². The van der Waals surface area contributed by atoms with Gasteiger partial charge in [-0.05, 0) is 13.0 Å². The number of ether oxygens (including phenoxy) is 1. The second kappa shape index (κ2) is 6.92. The summed E-state index contributed by atoms with van der Waals surface area (Å²) in [5.41, 5.74) is 1.17. The highest BCUT2D eigenvalue weighted by atomic mass is 16.5.